The van der Waals surface area contributed by atoms with Gasteiger partial charge in [-0.25, -0.2) is 0 Å². The molecule has 1 aromatic heterocycles. The van der Waals surface area contributed by atoms with Crippen LogP contribution >= 0.6 is 0 Å². The van der Waals surface area contributed by atoms with E-state index in [1.54, 1.807) is 9.80 Å². The second kappa shape index (κ2) is 14.3. The van der Waals surface area contributed by atoms with Crippen molar-refractivity contribution in [1.29, 1.82) is 0 Å². The summed E-state index contributed by atoms with van der Waals surface area (Å²) in [5.41, 5.74) is 2.92. The van der Waals surface area contributed by atoms with Gasteiger partial charge in [0.25, 0.3) is 5.91 Å². The molecule has 0 radical (unpaired) electrons. The van der Waals surface area contributed by atoms with E-state index in [-0.39, 0.29) is 18.4 Å². The molecular formula is C31H40N2O3. The summed E-state index contributed by atoms with van der Waals surface area (Å²) in [6.45, 7) is 7.53. The van der Waals surface area contributed by atoms with Crippen LogP contribution in [0.5, 0.6) is 0 Å². The van der Waals surface area contributed by atoms with Crippen molar-refractivity contribution in [3.63, 3.8) is 0 Å². The van der Waals surface area contributed by atoms with Crippen LogP contribution in [0.15, 0.2) is 71.1 Å². The quantitative estimate of drug-likeness (QED) is 0.235. The Morgan fingerprint density at radius 1 is 0.750 bits per heavy atom. The number of carbonyl (C=O) groups is 2. The summed E-state index contributed by atoms with van der Waals surface area (Å²) in [5.74, 6) is 1.35. The lowest BCUT2D eigenvalue weighted by molar-refractivity contribution is -0.133. The number of aryl methyl sites for hydroxylation is 2. The minimum Gasteiger partial charge on any atom is -0.464 e. The molecule has 36 heavy (non-hydrogen) atoms. The molecule has 2 amide bonds. The minimum absolute atomic E-state index is 0.0396. The number of rotatable bonds is 14. The van der Waals surface area contributed by atoms with Crippen LogP contribution in [-0.4, -0.2) is 34.7 Å². The molecule has 0 aliphatic rings. The average molecular weight is 489 g/mol. The summed E-state index contributed by atoms with van der Waals surface area (Å²) in [7, 11) is 0. The normalized spacial score (nSPS) is 10.9. The van der Waals surface area contributed by atoms with Crippen LogP contribution in [0.4, 0.5) is 0 Å². The number of amides is 2. The summed E-state index contributed by atoms with van der Waals surface area (Å²) in [6.07, 6.45) is 6.71. The molecule has 0 atom stereocenters. The number of unbranched alkanes of at least 4 members (excludes halogenated alkanes) is 3. The van der Waals surface area contributed by atoms with Crippen molar-refractivity contribution in [1.82, 2.24) is 9.80 Å². The fraction of sp³-hybridized carbons (Fsp3) is 0.419. The maximum absolute atomic E-state index is 13.5. The lowest BCUT2D eigenvalue weighted by Crippen LogP contribution is -2.42. The Hall–Kier alpha value is -3.34. The summed E-state index contributed by atoms with van der Waals surface area (Å²) in [6, 6.07) is 21.6. The van der Waals surface area contributed by atoms with E-state index in [0.717, 1.165) is 29.9 Å². The highest BCUT2D eigenvalue weighted by Gasteiger charge is 2.23. The van der Waals surface area contributed by atoms with Gasteiger partial charge in [-0.15, -0.1) is 0 Å². The van der Waals surface area contributed by atoms with Crippen molar-refractivity contribution >= 4 is 11.8 Å². The van der Waals surface area contributed by atoms with Gasteiger partial charge in [0.05, 0.1) is 6.54 Å². The van der Waals surface area contributed by atoms with E-state index in [2.05, 4.69) is 6.92 Å². The molecule has 192 valence electrons. The Balaban J connectivity index is 1.69. The largest absolute Gasteiger partial charge is 0.464 e. The molecule has 0 saturated heterocycles. The zero-order chi connectivity index (χ0) is 25.8. The second-order valence-electron chi connectivity index (χ2n) is 9.48. The Labute approximate surface area is 216 Å². The monoisotopic (exact) mass is 488 g/mol. The van der Waals surface area contributed by atoms with Gasteiger partial charge in [-0.05, 0) is 61.6 Å². The van der Waals surface area contributed by atoms with Gasteiger partial charge in [-0.1, -0.05) is 75.6 Å². The van der Waals surface area contributed by atoms with Crippen LogP contribution in [0, 0.1) is 6.92 Å². The number of benzene rings is 2. The van der Waals surface area contributed by atoms with Crippen molar-refractivity contribution in [3.05, 3.63) is 94.9 Å². The third-order valence-electron chi connectivity index (χ3n) is 6.34. The molecule has 5 nitrogen and oxygen atoms in total. The smallest absolute Gasteiger partial charge is 0.254 e. The van der Waals surface area contributed by atoms with Crippen molar-refractivity contribution in [2.45, 2.75) is 72.4 Å². The van der Waals surface area contributed by atoms with Crippen molar-refractivity contribution in [2.24, 2.45) is 0 Å². The lowest BCUT2D eigenvalue weighted by atomic mass is 10.0. The lowest BCUT2D eigenvalue weighted by Gasteiger charge is -2.27. The van der Waals surface area contributed by atoms with Gasteiger partial charge in [0, 0.05) is 18.7 Å². The first kappa shape index (κ1) is 27.3. The van der Waals surface area contributed by atoms with Crippen LogP contribution in [0.1, 0.15) is 79.0 Å². The molecular weight excluding hydrogens is 448 g/mol. The Morgan fingerprint density at radius 3 is 2.14 bits per heavy atom. The summed E-state index contributed by atoms with van der Waals surface area (Å²) in [4.78, 5) is 30.3. The Kier molecular flexibility index (Phi) is 10.8. The van der Waals surface area contributed by atoms with E-state index < -0.39 is 0 Å². The summed E-state index contributed by atoms with van der Waals surface area (Å²) >= 11 is 0. The fourth-order valence-electron chi connectivity index (χ4n) is 4.33. The molecule has 0 fully saturated rings. The van der Waals surface area contributed by atoms with Crippen molar-refractivity contribution in [3.8, 4) is 0 Å². The molecule has 2 aromatic carbocycles. The van der Waals surface area contributed by atoms with Crippen molar-refractivity contribution < 1.29 is 14.0 Å². The van der Waals surface area contributed by atoms with Gasteiger partial charge >= 0.3 is 0 Å². The number of hydrogen-bond donors (Lipinski definition) is 0. The van der Waals surface area contributed by atoms with Crippen LogP contribution in [0.2, 0.25) is 0 Å². The molecule has 0 unspecified atom stereocenters. The molecule has 5 heteroatoms. The van der Waals surface area contributed by atoms with Gasteiger partial charge in [-0.2, -0.15) is 0 Å². The third-order valence-corrected chi connectivity index (χ3v) is 6.34. The van der Waals surface area contributed by atoms with Gasteiger partial charge in [-0.3, -0.25) is 9.59 Å². The predicted octanol–water partition coefficient (Wildman–Crippen LogP) is 6.79. The zero-order valence-corrected chi connectivity index (χ0v) is 22.0. The molecule has 0 N–H and O–H groups in total. The van der Waals surface area contributed by atoms with E-state index in [1.807, 2.05) is 80.6 Å². The van der Waals surface area contributed by atoms with Gasteiger partial charge in [0.1, 0.15) is 18.1 Å². The molecule has 0 aliphatic carbocycles. The molecule has 1 heterocycles. The van der Waals surface area contributed by atoms with E-state index in [4.69, 9.17) is 4.42 Å². The summed E-state index contributed by atoms with van der Waals surface area (Å²) in [5, 5.41) is 0. The standard InChI is InChI=1S/C31H40N2O3/c1-4-6-7-9-12-26-16-18-28(19-17-26)31(35)32(21-5-2)24-30(34)33(22-27-13-10-8-11-14-27)23-29-20-15-25(3)36-29/h8,10-11,13-20H,4-7,9,12,21-24H2,1-3H3. The van der Waals surface area contributed by atoms with Crippen LogP contribution in [0.3, 0.4) is 0 Å². The number of furan rings is 1. The molecule has 0 aliphatic heterocycles. The Morgan fingerprint density at radius 2 is 1.50 bits per heavy atom. The molecule has 0 bridgehead atoms. The zero-order valence-electron chi connectivity index (χ0n) is 22.0. The van der Waals surface area contributed by atoms with Crippen LogP contribution in [0.25, 0.3) is 0 Å². The predicted molar refractivity (Wildman–Crippen MR) is 145 cm³/mol. The first-order chi connectivity index (χ1) is 17.5. The molecule has 3 rings (SSSR count). The highest BCUT2D eigenvalue weighted by atomic mass is 16.3. The highest BCUT2D eigenvalue weighted by molar-refractivity contribution is 5.96. The summed E-state index contributed by atoms with van der Waals surface area (Å²) < 4.78 is 5.75. The molecule has 0 saturated carbocycles. The average Bonchev–Trinajstić information content (AvgIpc) is 3.31. The molecule has 3 aromatic rings. The first-order valence-corrected chi connectivity index (χ1v) is 13.2. The molecule has 0 spiro atoms. The number of nitrogens with zero attached hydrogens (tertiary/aromatic N) is 2. The van der Waals surface area contributed by atoms with Gasteiger partial charge < -0.3 is 14.2 Å². The minimum atomic E-state index is -0.101. The highest BCUT2D eigenvalue weighted by Crippen LogP contribution is 2.16. The van der Waals surface area contributed by atoms with Crippen LogP contribution < -0.4 is 0 Å². The maximum atomic E-state index is 13.5. The fourth-order valence-corrected chi connectivity index (χ4v) is 4.33. The van der Waals surface area contributed by atoms with E-state index >= 15 is 0 Å². The second-order valence-corrected chi connectivity index (χ2v) is 9.48. The topological polar surface area (TPSA) is 53.8 Å². The maximum Gasteiger partial charge on any atom is 0.254 e. The number of hydrogen-bond acceptors (Lipinski definition) is 3. The van der Waals surface area contributed by atoms with E-state index in [1.165, 1.54) is 31.2 Å². The first-order valence-electron chi connectivity index (χ1n) is 13.2. The van der Waals surface area contributed by atoms with Crippen LogP contribution in [-0.2, 0) is 24.3 Å². The van der Waals surface area contributed by atoms with E-state index in [9.17, 15) is 9.59 Å². The van der Waals surface area contributed by atoms with Gasteiger partial charge in [0.2, 0.25) is 5.91 Å². The van der Waals surface area contributed by atoms with E-state index in [0.29, 0.717) is 25.2 Å². The van der Waals surface area contributed by atoms with Crippen molar-refractivity contribution in [2.75, 3.05) is 13.1 Å². The SMILES string of the molecule is CCCCCCc1ccc(C(=O)N(CCC)CC(=O)N(Cc2ccccc2)Cc2ccc(C)o2)cc1. The number of carbonyl (C=O) groups excluding carboxylic acids is 2. The third kappa shape index (κ3) is 8.40. The van der Waals surface area contributed by atoms with Gasteiger partial charge in [0.15, 0.2) is 0 Å². The Bertz CT molecular complexity index is 1070.